The second kappa shape index (κ2) is 5.78. The average molecular weight is 312 g/mol. The number of nitrogens with zero attached hydrogens (tertiary/aromatic N) is 1. The molecule has 1 heterocycles. The third-order valence-corrected chi connectivity index (χ3v) is 4.58. The number of nitrogens with one attached hydrogen (secondary N) is 1. The molecule has 2 aromatic rings. The summed E-state index contributed by atoms with van der Waals surface area (Å²) in [6, 6.07) is 16.1. The lowest BCUT2D eigenvalue weighted by atomic mass is 10.1. The molecule has 0 aliphatic carbocycles. The minimum Gasteiger partial charge on any atom is -0.304 e. The quantitative estimate of drug-likeness (QED) is 0.902. The number of hydrogen-bond donors (Lipinski definition) is 1. The predicted molar refractivity (Wildman–Crippen MR) is 91.9 cm³/mol. The Kier molecular flexibility index (Phi) is 3.98. The van der Waals surface area contributed by atoms with Gasteiger partial charge < -0.3 is 5.32 Å². The zero-order valence-corrected chi connectivity index (χ0v) is 13.9. The van der Waals surface area contributed by atoms with Gasteiger partial charge in [-0.2, -0.15) is 0 Å². The van der Waals surface area contributed by atoms with Gasteiger partial charge in [-0.25, -0.2) is 0 Å². The van der Waals surface area contributed by atoms with Crippen molar-refractivity contribution in [3.05, 3.63) is 48.5 Å². The number of hydrogen-bond acceptors (Lipinski definition) is 3. The third kappa shape index (κ3) is 3.03. The molecule has 2 aromatic carbocycles. The summed E-state index contributed by atoms with van der Waals surface area (Å²) in [7, 11) is 0. The molecule has 0 saturated carbocycles. The van der Waals surface area contributed by atoms with Crippen molar-refractivity contribution >= 4 is 29.0 Å². The van der Waals surface area contributed by atoms with E-state index in [0.29, 0.717) is 6.54 Å². The van der Waals surface area contributed by atoms with E-state index in [9.17, 15) is 4.79 Å². The second-order valence-electron chi connectivity index (χ2n) is 6.37. The van der Waals surface area contributed by atoms with Gasteiger partial charge in [-0.15, -0.1) is 0 Å². The molecule has 0 aromatic heterocycles. The molecule has 22 heavy (non-hydrogen) atoms. The Bertz CT molecular complexity index is 661. The fourth-order valence-corrected chi connectivity index (χ4v) is 3.45. The molecule has 0 unspecified atom stereocenters. The molecule has 0 spiro atoms. The van der Waals surface area contributed by atoms with E-state index in [1.165, 1.54) is 0 Å². The lowest BCUT2D eigenvalue weighted by molar-refractivity contribution is -0.117. The maximum absolute atomic E-state index is 12.8. The average Bonchev–Trinajstić information content (AvgIpc) is 2.49. The van der Waals surface area contributed by atoms with Gasteiger partial charge in [-0.3, -0.25) is 9.69 Å². The Hall–Kier alpha value is -1.78. The molecular formula is C18H20N2OS. The van der Waals surface area contributed by atoms with Gasteiger partial charge in [0.25, 0.3) is 0 Å². The van der Waals surface area contributed by atoms with Gasteiger partial charge in [0.2, 0.25) is 5.91 Å². The first-order valence-electron chi connectivity index (χ1n) is 7.40. The van der Waals surface area contributed by atoms with Crippen LogP contribution >= 0.6 is 11.8 Å². The first kappa shape index (κ1) is 15.1. The normalized spacial score (nSPS) is 13.5. The van der Waals surface area contributed by atoms with E-state index in [4.69, 9.17) is 0 Å². The summed E-state index contributed by atoms with van der Waals surface area (Å²) < 4.78 is 0. The van der Waals surface area contributed by atoms with Crippen molar-refractivity contribution in [2.75, 3.05) is 11.4 Å². The Morgan fingerprint density at radius 2 is 1.50 bits per heavy atom. The summed E-state index contributed by atoms with van der Waals surface area (Å²) in [5.74, 6) is 0.0649. The van der Waals surface area contributed by atoms with E-state index in [2.05, 4.69) is 38.2 Å². The van der Waals surface area contributed by atoms with Crippen LogP contribution in [0.15, 0.2) is 58.3 Å². The second-order valence-corrected chi connectivity index (χ2v) is 7.45. The van der Waals surface area contributed by atoms with Crippen LogP contribution in [0.25, 0.3) is 0 Å². The largest absolute Gasteiger partial charge is 0.304 e. The number of benzene rings is 2. The lowest BCUT2D eigenvalue weighted by Crippen LogP contribution is -2.44. The van der Waals surface area contributed by atoms with Gasteiger partial charge in [0.1, 0.15) is 0 Å². The number of rotatable bonds is 2. The van der Waals surface area contributed by atoms with Crippen LogP contribution in [-0.2, 0) is 4.79 Å². The van der Waals surface area contributed by atoms with E-state index >= 15 is 0 Å². The number of fused-ring (bicyclic) bond motifs is 2. The van der Waals surface area contributed by atoms with Crippen LogP contribution in [-0.4, -0.2) is 18.0 Å². The fraction of sp³-hybridized carbons (Fsp3) is 0.278. The van der Waals surface area contributed by atoms with Crippen molar-refractivity contribution in [3.8, 4) is 0 Å². The third-order valence-electron chi connectivity index (χ3n) is 3.45. The Morgan fingerprint density at radius 1 is 1.00 bits per heavy atom. The monoisotopic (exact) mass is 312 g/mol. The number of carbonyl (C=O) groups excluding carboxylic acids is 1. The van der Waals surface area contributed by atoms with Crippen molar-refractivity contribution in [1.82, 2.24) is 5.32 Å². The van der Waals surface area contributed by atoms with E-state index in [0.717, 1.165) is 21.2 Å². The minimum atomic E-state index is -0.0841. The Labute approximate surface area is 135 Å². The van der Waals surface area contributed by atoms with Gasteiger partial charge >= 0.3 is 0 Å². The molecule has 0 bridgehead atoms. The zero-order chi connectivity index (χ0) is 15.7. The summed E-state index contributed by atoms with van der Waals surface area (Å²) in [5, 5.41) is 3.28. The molecule has 1 N–H and O–H groups in total. The summed E-state index contributed by atoms with van der Waals surface area (Å²) >= 11 is 1.71. The summed E-state index contributed by atoms with van der Waals surface area (Å²) in [6.07, 6.45) is 0. The summed E-state index contributed by atoms with van der Waals surface area (Å²) in [4.78, 5) is 16.9. The topological polar surface area (TPSA) is 32.3 Å². The molecule has 114 valence electrons. The molecule has 0 atom stereocenters. The maximum Gasteiger partial charge on any atom is 0.245 e. The standard InChI is InChI=1S/C18H20N2OS/c1-18(2,3)19-12-17(21)20-13-8-4-6-10-15(13)22-16-11-7-5-9-14(16)20/h4-11,19H,12H2,1-3H3. The molecule has 0 radical (unpaired) electrons. The molecule has 4 heteroatoms. The van der Waals surface area contributed by atoms with E-state index < -0.39 is 0 Å². The number of anilines is 2. The molecular weight excluding hydrogens is 292 g/mol. The molecule has 3 rings (SSSR count). The van der Waals surface area contributed by atoms with E-state index in [1.54, 1.807) is 11.8 Å². The first-order valence-corrected chi connectivity index (χ1v) is 8.21. The van der Waals surface area contributed by atoms with Gasteiger partial charge in [-0.1, -0.05) is 36.0 Å². The van der Waals surface area contributed by atoms with Crippen LogP contribution in [0.3, 0.4) is 0 Å². The van der Waals surface area contributed by atoms with Crippen LogP contribution in [0, 0.1) is 0 Å². The van der Waals surface area contributed by atoms with Crippen LogP contribution < -0.4 is 10.2 Å². The SMILES string of the molecule is CC(C)(C)NCC(=O)N1c2ccccc2Sc2ccccc21. The lowest BCUT2D eigenvalue weighted by Gasteiger charge is -2.32. The van der Waals surface area contributed by atoms with Crippen LogP contribution in [0.2, 0.25) is 0 Å². The Balaban J connectivity index is 1.98. The van der Waals surface area contributed by atoms with Gasteiger partial charge in [0.05, 0.1) is 17.9 Å². The highest BCUT2D eigenvalue weighted by molar-refractivity contribution is 7.99. The van der Waals surface area contributed by atoms with E-state index in [1.807, 2.05) is 41.3 Å². The van der Waals surface area contributed by atoms with Crippen molar-refractivity contribution in [1.29, 1.82) is 0 Å². The smallest absolute Gasteiger partial charge is 0.245 e. The highest BCUT2D eigenvalue weighted by Gasteiger charge is 2.28. The summed E-state index contributed by atoms with van der Waals surface area (Å²) in [5.41, 5.74) is 1.85. The zero-order valence-electron chi connectivity index (χ0n) is 13.1. The first-order chi connectivity index (χ1) is 10.5. The van der Waals surface area contributed by atoms with Crippen LogP contribution in [0.4, 0.5) is 11.4 Å². The van der Waals surface area contributed by atoms with Crippen LogP contribution in [0.1, 0.15) is 20.8 Å². The van der Waals surface area contributed by atoms with Crippen molar-refractivity contribution in [3.63, 3.8) is 0 Å². The van der Waals surface area contributed by atoms with E-state index in [-0.39, 0.29) is 11.4 Å². The highest BCUT2D eigenvalue weighted by atomic mass is 32.2. The maximum atomic E-state index is 12.8. The molecule has 1 amide bonds. The molecule has 3 nitrogen and oxygen atoms in total. The molecule has 0 saturated heterocycles. The number of amides is 1. The van der Waals surface area contributed by atoms with Crippen molar-refractivity contribution in [2.24, 2.45) is 0 Å². The van der Waals surface area contributed by atoms with Gasteiger partial charge in [-0.05, 0) is 45.0 Å². The number of para-hydroxylation sites is 2. The number of carbonyl (C=O) groups is 1. The van der Waals surface area contributed by atoms with Crippen molar-refractivity contribution < 1.29 is 4.79 Å². The van der Waals surface area contributed by atoms with Gasteiger partial charge in [0, 0.05) is 15.3 Å². The fourth-order valence-electron chi connectivity index (χ4n) is 2.39. The predicted octanol–water partition coefficient (Wildman–Crippen LogP) is 4.20. The minimum absolute atomic E-state index is 0.0649. The molecule has 1 aliphatic rings. The van der Waals surface area contributed by atoms with Crippen molar-refractivity contribution in [2.45, 2.75) is 36.1 Å². The van der Waals surface area contributed by atoms with Crippen LogP contribution in [0.5, 0.6) is 0 Å². The van der Waals surface area contributed by atoms with Gasteiger partial charge in [0.15, 0.2) is 0 Å². The summed E-state index contributed by atoms with van der Waals surface area (Å²) in [6.45, 7) is 6.51. The molecule has 0 fully saturated rings. The highest BCUT2D eigenvalue weighted by Crippen LogP contribution is 2.47. The molecule has 1 aliphatic heterocycles. The Morgan fingerprint density at radius 3 is 2.00 bits per heavy atom.